The lowest BCUT2D eigenvalue weighted by atomic mass is 9.89. The van der Waals surface area contributed by atoms with Gasteiger partial charge < -0.3 is 15.7 Å². The third kappa shape index (κ3) is 2.50. The number of carbonyl (C=O) groups is 2. The summed E-state index contributed by atoms with van der Waals surface area (Å²) in [5, 5.41) is 9.73. The largest absolute Gasteiger partial charge is 0.372 e. The second kappa shape index (κ2) is 5.04. The highest BCUT2D eigenvalue weighted by molar-refractivity contribution is 6.08. The van der Waals surface area contributed by atoms with E-state index in [0.29, 0.717) is 6.42 Å². The average Bonchev–Trinajstić information content (AvgIpc) is 2.15. The second-order valence-corrected chi connectivity index (χ2v) is 3.17. The molecule has 0 saturated heterocycles. The Bertz CT molecular complexity index is 229. The summed E-state index contributed by atoms with van der Waals surface area (Å²) in [6, 6.07) is -0.939. The average molecular weight is 204 g/mol. The third-order valence-corrected chi connectivity index (χ3v) is 1.88. The minimum absolute atomic E-state index is 0.0522. The minimum atomic E-state index is -2.21. The Kier molecular flexibility index (Phi) is 4.69. The summed E-state index contributed by atoms with van der Waals surface area (Å²) in [5.74, 6) is 2.68. The van der Waals surface area contributed by atoms with Gasteiger partial charge in [0.2, 0.25) is 5.60 Å². The van der Waals surface area contributed by atoms with E-state index in [0.717, 1.165) is 0 Å². The van der Waals surface area contributed by atoms with Gasteiger partial charge in [0, 0.05) is 0 Å². The molecule has 0 saturated carbocycles. The zero-order chi connectivity index (χ0) is 11.4. The number of hydrogen-bond donors (Lipinski definition) is 3. The highest BCUT2D eigenvalue weighted by Crippen LogP contribution is 2.17. The molecule has 2 unspecified atom stereocenters. The van der Waals surface area contributed by atoms with Crippen molar-refractivity contribution in [3.8, 4) is 0 Å². The van der Waals surface area contributed by atoms with Crippen LogP contribution in [0.15, 0.2) is 0 Å². The molecule has 0 aromatic heterocycles. The lowest BCUT2D eigenvalue weighted by Crippen LogP contribution is -2.54. The standard InChI is InChI=1S/C8H16N2O4/c1-3-4-8(13,7(12)14-10)6(11)5(2)9/h5,13H,3-4,9-10H2,1-2H3. The molecule has 0 rings (SSSR count). The Morgan fingerprint density at radius 2 is 2.07 bits per heavy atom. The summed E-state index contributed by atoms with van der Waals surface area (Å²) in [6.45, 7) is 3.09. The molecule has 0 heterocycles. The van der Waals surface area contributed by atoms with E-state index in [1.165, 1.54) is 6.92 Å². The van der Waals surface area contributed by atoms with Crippen molar-refractivity contribution in [2.75, 3.05) is 0 Å². The molecule has 0 aliphatic carbocycles. The predicted octanol–water partition coefficient (Wildman–Crippen LogP) is -1.15. The van der Waals surface area contributed by atoms with E-state index in [4.69, 9.17) is 5.73 Å². The first kappa shape index (κ1) is 13.0. The van der Waals surface area contributed by atoms with Crippen LogP contribution in [0.25, 0.3) is 0 Å². The molecular weight excluding hydrogens is 188 g/mol. The number of rotatable bonds is 5. The van der Waals surface area contributed by atoms with Gasteiger partial charge in [0.1, 0.15) is 0 Å². The van der Waals surface area contributed by atoms with Gasteiger partial charge in [-0.3, -0.25) is 4.79 Å². The highest BCUT2D eigenvalue weighted by Gasteiger charge is 2.45. The Morgan fingerprint density at radius 1 is 1.57 bits per heavy atom. The van der Waals surface area contributed by atoms with Gasteiger partial charge in [-0.05, 0) is 13.3 Å². The molecule has 2 atom stereocenters. The smallest absolute Gasteiger partial charge is 0.364 e. The molecule has 0 spiro atoms. The highest BCUT2D eigenvalue weighted by atomic mass is 16.7. The van der Waals surface area contributed by atoms with Gasteiger partial charge >= 0.3 is 5.97 Å². The molecular formula is C8H16N2O4. The molecule has 0 aliphatic heterocycles. The molecule has 0 aromatic rings. The van der Waals surface area contributed by atoms with Crippen LogP contribution in [0.1, 0.15) is 26.7 Å². The minimum Gasteiger partial charge on any atom is -0.372 e. The quantitative estimate of drug-likeness (QED) is 0.384. The van der Waals surface area contributed by atoms with Crippen LogP contribution in [-0.4, -0.2) is 28.5 Å². The lowest BCUT2D eigenvalue weighted by molar-refractivity contribution is -0.172. The topological polar surface area (TPSA) is 116 Å². The number of nitrogens with two attached hydrogens (primary N) is 2. The number of Topliss-reactive ketones (excluding diaryl/α,β-unsaturated/α-hetero) is 1. The number of carbonyl (C=O) groups excluding carboxylic acids is 2. The van der Waals surface area contributed by atoms with Crippen molar-refractivity contribution in [1.82, 2.24) is 0 Å². The van der Waals surface area contributed by atoms with Crippen molar-refractivity contribution >= 4 is 11.8 Å². The van der Waals surface area contributed by atoms with Crippen molar-refractivity contribution in [2.45, 2.75) is 38.3 Å². The SMILES string of the molecule is CCCC(O)(C(=O)ON)C(=O)C(C)N. The van der Waals surface area contributed by atoms with Crippen molar-refractivity contribution in [1.29, 1.82) is 0 Å². The van der Waals surface area contributed by atoms with Crippen molar-refractivity contribution < 1.29 is 19.5 Å². The fourth-order valence-electron chi connectivity index (χ4n) is 1.16. The number of aliphatic hydroxyl groups is 1. The first-order valence-corrected chi connectivity index (χ1v) is 4.33. The fraction of sp³-hybridized carbons (Fsp3) is 0.750. The summed E-state index contributed by atoms with van der Waals surface area (Å²) in [4.78, 5) is 26.4. The first-order chi connectivity index (χ1) is 6.40. The van der Waals surface area contributed by atoms with Crippen LogP contribution in [0.5, 0.6) is 0 Å². The van der Waals surface area contributed by atoms with Gasteiger partial charge in [0.25, 0.3) is 0 Å². The van der Waals surface area contributed by atoms with E-state index in [1.807, 2.05) is 0 Å². The van der Waals surface area contributed by atoms with Crippen LogP contribution in [-0.2, 0) is 14.4 Å². The number of ketones is 1. The fourth-order valence-corrected chi connectivity index (χ4v) is 1.16. The Hall–Kier alpha value is -0.980. The van der Waals surface area contributed by atoms with Gasteiger partial charge in [0.05, 0.1) is 6.04 Å². The molecule has 14 heavy (non-hydrogen) atoms. The van der Waals surface area contributed by atoms with Crippen LogP contribution in [0.4, 0.5) is 0 Å². The maximum Gasteiger partial charge on any atom is 0.364 e. The predicted molar refractivity (Wildman–Crippen MR) is 48.8 cm³/mol. The van der Waals surface area contributed by atoms with Crippen LogP contribution >= 0.6 is 0 Å². The molecule has 82 valence electrons. The third-order valence-electron chi connectivity index (χ3n) is 1.88. The van der Waals surface area contributed by atoms with Crippen molar-refractivity contribution in [3.05, 3.63) is 0 Å². The van der Waals surface area contributed by atoms with E-state index in [-0.39, 0.29) is 6.42 Å². The summed E-state index contributed by atoms with van der Waals surface area (Å²) >= 11 is 0. The molecule has 0 aromatic carbocycles. The normalized spacial score (nSPS) is 16.9. The van der Waals surface area contributed by atoms with Crippen LogP contribution in [0.2, 0.25) is 0 Å². The molecule has 6 heteroatoms. The molecule has 0 radical (unpaired) electrons. The van der Waals surface area contributed by atoms with Crippen LogP contribution < -0.4 is 11.6 Å². The van der Waals surface area contributed by atoms with Gasteiger partial charge in [-0.25, -0.2) is 4.79 Å². The zero-order valence-corrected chi connectivity index (χ0v) is 8.32. The van der Waals surface area contributed by atoms with E-state index < -0.39 is 23.4 Å². The van der Waals surface area contributed by atoms with Crippen molar-refractivity contribution in [2.24, 2.45) is 11.6 Å². The summed E-state index contributed by atoms with van der Waals surface area (Å²) in [5.41, 5.74) is 3.08. The molecule has 0 bridgehead atoms. The van der Waals surface area contributed by atoms with Gasteiger partial charge in [-0.1, -0.05) is 13.3 Å². The zero-order valence-electron chi connectivity index (χ0n) is 8.32. The van der Waals surface area contributed by atoms with Crippen molar-refractivity contribution in [3.63, 3.8) is 0 Å². The summed E-state index contributed by atoms with van der Waals surface area (Å²) < 4.78 is 0. The van der Waals surface area contributed by atoms with E-state index in [9.17, 15) is 14.7 Å². The maximum absolute atomic E-state index is 11.4. The maximum atomic E-state index is 11.4. The second-order valence-electron chi connectivity index (χ2n) is 3.17. The van der Waals surface area contributed by atoms with E-state index in [1.54, 1.807) is 6.92 Å². The molecule has 0 amide bonds. The van der Waals surface area contributed by atoms with E-state index in [2.05, 4.69) is 10.7 Å². The monoisotopic (exact) mass is 204 g/mol. The summed E-state index contributed by atoms with van der Waals surface area (Å²) in [6.07, 6.45) is 0.382. The van der Waals surface area contributed by atoms with E-state index >= 15 is 0 Å². The first-order valence-electron chi connectivity index (χ1n) is 4.33. The summed E-state index contributed by atoms with van der Waals surface area (Å²) in [7, 11) is 0. The molecule has 5 N–H and O–H groups in total. The molecule has 6 nitrogen and oxygen atoms in total. The Morgan fingerprint density at radius 3 is 2.36 bits per heavy atom. The Balaban J connectivity index is 4.89. The van der Waals surface area contributed by atoms with Gasteiger partial charge in [-0.15, -0.1) is 0 Å². The van der Waals surface area contributed by atoms with Gasteiger partial charge in [-0.2, -0.15) is 5.90 Å². The van der Waals surface area contributed by atoms with Gasteiger partial charge in [0.15, 0.2) is 5.78 Å². The molecule has 0 aliphatic rings. The van der Waals surface area contributed by atoms with Crippen LogP contribution in [0.3, 0.4) is 0 Å². The lowest BCUT2D eigenvalue weighted by Gasteiger charge is -2.24. The van der Waals surface area contributed by atoms with Crippen LogP contribution in [0, 0.1) is 0 Å². The Labute approximate surface area is 82.2 Å². The molecule has 0 fully saturated rings. The number of hydrogen-bond acceptors (Lipinski definition) is 6.